The van der Waals surface area contributed by atoms with Gasteiger partial charge in [0.15, 0.2) is 5.78 Å². The van der Waals surface area contributed by atoms with Gasteiger partial charge in [-0.2, -0.15) is 4.31 Å². The molecular weight excluding hydrogens is 480 g/mol. The predicted molar refractivity (Wildman–Crippen MR) is 125 cm³/mol. The first-order valence-electron chi connectivity index (χ1n) is 11.0. The zero-order valence-electron chi connectivity index (χ0n) is 18.6. The van der Waals surface area contributed by atoms with Crippen LogP contribution in [0.3, 0.4) is 0 Å². The summed E-state index contributed by atoms with van der Waals surface area (Å²) in [5.41, 5.74) is 0.390. The molecular formula is C22H26N4O6S2. The van der Waals surface area contributed by atoms with Crippen LogP contribution in [0.4, 0.5) is 4.79 Å². The van der Waals surface area contributed by atoms with Crippen molar-refractivity contribution in [2.75, 3.05) is 13.1 Å². The lowest BCUT2D eigenvalue weighted by Crippen LogP contribution is -2.53. The lowest BCUT2D eigenvalue weighted by atomic mass is 10.1. The fourth-order valence-corrected chi connectivity index (χ4v) is 6.69. The van der Waals surface area contributed by atoms with E-state index in [1.807, 2.05) is 6.92 Å². The first-order valence-corrected chi connectivity index (χ1v) is 13.6. The van der Waals surface area contributed by atoms with Gasteiger partial charge in [0.2, 0.25) is 15.9 Å². The molecule has 12 heteroatoms. The van der Waals surface area contributed by atoms with E-state index in [0.717, 1.165) is 0 Å². The van der Waals surface area contributed by atoms with Crippen LogP contribution in [0.15, 0.2) is 41.2 Å². The number of fused-ring (bicyclic) bond motifs is 1. The van der Waals surface area contributed by atoms with Crippen molar-refractivity contribution >= 4 is 39.1 Å². The molecule has 2 fully saturated rings. The van der Waals surface area contributed by atoms with Crippen LogP contribution in [-0.2, 0) is 25.4 Å². The Balaban J connectivity index is 1.46. The third kappa shape index (κ3) is 5.13. The van der Waals surface area contributed by atoms with Gasteiger partial charge in [0, 0.05) is 18.1 Å². The van der Waals surface area contributed by atoms with E-state index in [1.165, 1.54) is 26.7 Å². The van der Waals surface area contributed by atoms with Crippen molar-refractivity contribution in [2.45, 2.75) is 50.1 Å². The molecule has 3 atom stereocenters. The number of nitrogens with zero attached hydrogens (tertiary/aromatic N) is 3. The van der Waals surface area contributed by atoms with Gasteiger partial charge in [-0.1, -0.05) is 19.4 Å². The number of ether oxygens (including phenoxy) is 1. The Morgan fingerprint density at radius 3 is 2.82 bits per heavy atom. The maximum absolute atomic E-state index is 13.3. The van der Waals surface area contributed by atoms with Gasteiger partial charge in [-0.05, 0) is 36.4 Å². The van der Waals surface area contributed by atoms with E-state index < -0.39 is 40.1 Å². The number of amides is 2. The Labute approximate surface area is 202 Å². The fourth-order valence-electron chi connectivity index (χ4n) is 4.47. The Morgan fingerprint density at radius 2 is 2.15 bits per heavy atom. The maximum Gasteiger partial charge on any atom is 0.413 e. The van der Waals surface area contributed by atoms with Crippen molar-refractivity contribution in [1.82, 2.24) is 19.5 Å². The van der Waals surface area contributed by atoms with Crippen LogP contribution < -0.4 is 10.1 Å². The molecule has 0 saturated carbocycles. The fraction of sp³-hybridized carbons (Fsp3) is 0.455. The molecule has 2 saturated heterocycles. The minimum absolute atomic E-state index is 0.233. The molecule has 3 unspecified atom stereocenters. The molecule has 0 aliphatic carbocycles. The van der Waals surface area contributed by atoms with Gasteiger partial charge in [0.25, 0.3) is 0 Å². The van der Waals surface area contributed by atoms with Gasteiger partial charge in [0.05, 0.1) is 18.3 Å². The normalized spacial score (nSPS) is 21.3. The Morgan fingerprint density at radius 1 is 1.32 bits per heavy atom. The lowest BCUT2D eigenvalue weighted by Gasteiger charge is -2.28. The summed E-state index contributed by atoms with van der Waals surface area (Å²) in [6, 6.07) is 4.31. The van der Waals surface area contributed by atoms with Crippen LogP contribution in [0.2, 0.25) is 0 Å². The van der Waals surface area contributed by atoms with Crippen molar-refractivity contribution < 1.29 is 27.5 Å². The molecule has 2 amide bonds. The van der Waals surface area contributed by atoms with Crippen LogP contribution >= 0.6 is 11.3 Å². The smallest absolute Gasteiger partial charge is 0.409 e. The van der Waals surface area contributed by atoms with Crippen LogP contribution in [-0.4, -0.2) is 71.6 Å². The molecule has 10 nitrogen and oxygen atoms in total. The van der Waals surface area contributed by atoms with Crippen molar-refractivity contribution in [3.63, 3.8) is 0 Å². The summed E-state index contributed by atoms with van der Waals surface area (Å²) in [5.74, 6) is -0.663. The van der Waals surface area contributed by atoms with E-state index in [9.17, 15) is 22.8 Å². The molecule has 4 heterocycles. The van der Waals surface area contributed by atoms with E-state index >= 15 is 0 Å². The van der Waals surface area contributed by atoms with Gasteiger partial charge in [-0.15, -0.1) is 11.3 Å². The molecule has 0 radical (unpaired) electrons. The molecule has 0 spiro atoms. The van der Waals surface area contributed by atoms with Gasteiger partial charge in [-0.3, -0.25) is 14.6 Å². The van der Waals surface area contributed by atoms with Gasteiger partial charge >= 0.3 is 6.09 Å². The summed E-state index contributed by atoms with van der Waals surface area (Å²) < 4.78 is 32.5. The van der Waals surface area contributed by atoms with Crippen LogP contribution in [0.1, 0.15) is 31.9 Å². The number of hydrogen-bond donors (Lipinski definition) is 1. The number of rotatable bonds is 8. The van der Waals surface area contributed by atoms with E-state index in [4.69, 9.17) is 4.74 Å². The van der Waals surface area contributed by atoms with Crippen LogP contribution in [0.5, 0.6) is 5.75 Å². The number of nitrogens with one attached hydrogen (secondary N) is 1. The third-order valence-electron chi connectivity index (χ3n) is 5.95. The number of likely N-dealkylation sites (tertiary alicyclic amines) is 1. The van der Waals surface area contributed by atoms with E-state index in [-0.39, 0.29) is 24.6 Å². The average molecular weight is 507 g/mol. The Kier molecular flexibility index (Phi) is 7.29. The number of carbonyl (C=O) groups is 3. The zero-order valence-corrected chi connectivity index (χ0v) is 20.3. The molecule has 1 N–H and O–H groups in total. The minimum Gasteiger partial charge on any atom is -0.409 e. The zero-order chi connectivity index (χ0) is 24.3. The SMILES string of the molecule is CCCC(NC(=O)Oc1ccsc1)C(=O)N1CCC2C1C(=O)CN2S(=O)(=O)Cc1ccccn1. The second-order valence-corrected chi connectivity index (χ2v) is 11.0. The first kappa shape index (κ1) is 24.3. The van der Waals surface area contributed by atoms with Crippen molar-refractivity contribution in [3.8, 4) is 5.75 Å². The quantitative estimate of drug-likeness (QED) is 0.578. The molecule has 2 aliphatic rings. The average Bonchev–Trinajstić information content (AvgIpc) is 3.52. The molecule has 2 aromatic heterocycles. The van der Waals surface area contributed by atoms with Crippen LogP contribution in [0.25, 0.3) is 0 Å². The Hall–Kier alpha value is -2.83. The number of aromatic nitrogens is 1. The lowest BCUT2D eigenvalue weighted by molar-refractivity contribution is -0.138. The van der Waals surface area contributed by atoms with E-state index in [0.29, 0.717) is 30.7 Å². The van der Waals surface area contributed by atoms with Crippen molar-refractivity contribution in [1.29, 1.82) is 0 Å². The summed E-state index contributed by atoms with van der Waals surface area (Å²) in [6.07, 6.45) is 2.10. The topological polar surface area (TPSA) is 126 Å². The van der Waals surface area contributed by atoms with Crippen molar-refractivity contribution in [3.05, 3.63) is 46.9 Å². The molecule has 2 aliphatic heterocycles. The maximum atomic E-state index is 13.3. The largest absolute Gasteiger partial charge is 0.413 e. The highest BCUT2D eigenvalue weighted by atomic mass is 32.2. The summed E-state index contributed by atoms with van der Waals surface area (Å²) in [7, 11) is -3.80. The summed E-state index contributed by atoms with van der Waals surface area (Å²) in [4.78, 5) is 44.0. The van der Waals surface area contributed by atoms with Gasteiger partial charge in [-0.25, -0.2) is 13.2 Å². The van der Waals surface area contributed by atoms with E-state index in [2.05, 4.69) is 10.3 Å². The van der Waals surface area contributed by atoms with E-state index in [1.54, 1.807) is 35.0 Å². The van der Waals surface area contributed by atoms with Crippen molar-refractivity contribution in [2.24, 2.45) is 0 Å². The molecule has 2 aromatic rings. The molecule has 0 aromatic carbocycles. The van der Waals surface area contributed by atoms with Crippen LogP contribution in [0, 0.1) is 0 Å². The molecule has 182 valence electrons. The summed E-state index contributed by atoms with van der Waals surface area (Å²) >= 11 is 1.38. The highest BCUT2D eigenvalue weighted by molar-refractivity contribution is 7.88. The number of sulfonamides is 1. The standard InChI is InChI=1S/C22H26N4O6S2/c1-2-5-17(24-22(29)32-16-8-11-33-13-16)21(28)25-10-7-18-20(25)19(27)12-26(18)34(30,31)14-15-6-3-4-9-23-15/h3-4,6,8-9,11,13,17-18,20H,2,5,7,10,12,14H2,1H3,(H,24,29). The Bertz CT molecular complexity index is 1140. The number of thiophene rings is 1. The highest BCUT2D eigenvalue weighted by Crippen LogP contribution is 2.33. The molecule has 34 heavy (non-hydrogen) atoms. The predicted octanol–water partition coefficient (Wildman–Crippen LogP) is 1.78. The molecule has 0 bridgehead atoms. The summed E-state index contributed by atoms with van der Waals surface area (Å²) in [6.45, 7) is 1.84. The highest BCUT2D eigenvalue weighted by Gasteiger charge is 2.54. The number of carbonyl (C=O) groups excluding carboxylic acids is 3. The second-order valence-electron chi connectivity index (χ2n) is 8.26. The third-order valence-corrected chi connectivity index (χ3v) is 8.38. The first-order chi connectivity index (χ1) is 16.3. The van der Waals surface area contributed by atoms with Gasteiger partial charge < -0.3 is 15.0 Å². The number of pyridine rings is 1. The molecule has 4 rings (SSSR count). The monoisotopic (exact) mass is 506 g/mol. The number of hydrogen-bond acceptors (Lipinski definition) is 8. The second kappa shape index (κ2) is 10.2. The minimum atomic E-state index is -3.80. The number of ketones is 1. The number of Topliss-reactive ketones (excluding diaryl/α,β-unsaturated/α-hetero) is 1. The van der Waals surface area contributed by atoms with Gasteiger partial charge in [0.1, 0.15) is 23.6 Å². The summed E-state index contributed by atoms with van der Waals surface area (Å²) in [5, 5.41) is 6.03.